The summed E-state index contributed by atoms with van der Waals surface area (Å²) < 4.78 is 28.8. The molecule has 0 aliphatic carbocycles. The predicted octanol–water partition coefficient (Wildman–Crippen LogP) is 2.68. The molecular weight excluding hydrogens is 412 g/mol. The van der Waals surface area contributed by atoms with E-state index in [1.165, 1.54) is 19.3 Å². The summed E-state index contributed by atoms with van der Waals surface area (Å²) in [5.41, 5.74) is 1.18. The summed E-state index contributed by atoms with van der Waals surface area (Å²) in [5, 5.41) is 2.98. The second-order valence-electron chi connectivity index (χ2n) is 9.00. The maximum Gasteiger partial charge on any atom is 0.251 e. The Labute approximate surface area is 186 Å². The number of sulfonamides is 1. The van der Waals surface area contributed by atoms with Crippen molar-refractivity contribution in [1.82, 2.24) is 14.5 Å². The first-order valence-corrected chi connectivity index (χ1v) is 13.4. The van der Waals surface area contributed by atoms with Gasteiger partial charge in [0.2, 0.25) is 10.0 Å². The molecule has 172 valence electrons. The summed E-state index contributed by atoms with van der Waals surface area (Å²) in [6.07, 6.45) is 8.65. The SMILES string of the molecule is O=C(NCCN1CCCC1)c1ccc(N2CCCCC2)c(S(=O)(=O)N2CCCCC2)c1. The summed E-state index contributed by atoms with van der Waals surface area (Å²) in [6.45, 7) is 6.48. The van der Waals surface area contributed by atoms with Gasteiger partial charge in [-0.2, -0.15) is 4.31 Å². The Balaban J connectivity index is 1.55. The molecule has 0 aromatic heterocycles. The standard InChI is InChI=1S/C23H36N4O3S/c28-23(24-11-18-25-12-7-8-13-25)20-9-10-21(26-14-3-1-4-15-26)22(19-20)31(29,30)27-16-5-2-6-17-27/h9-10,19H,1-8,11-18H2,(H,24,28). The molecular formula is C23H36N4O3S. The van der Waals surface area contributed by atoms with Crippen LogP contribution in [0.5, 0.6) is 0 Å². The Hall–Kier alpha value is -1.64. The van der Waals surface area contributed by atoms with E-state index in [-0.39, 0.29) is 5.91 Å². The number of hydrogen-bond donors (Lipinski definition) is 1. The number of nitrogens with one attached hydrogen (secondary N) is 1. The second-order valence-corrected chi connectivity index (χ2v) is 10.9. The first kappa shape index (κ1) is 22.6. The van der Waals surface area contributed by atoms with Crippen molar-refractivity contribution in [1.29, 1.82) is 0 Å². The van der Waals surface area contributed by atoms with Crippen LogP contribution in [-0.2, 0) is 10.0 Å². The molecule has 0 bridgehead atoms. The lowest BCUT2D eigenvalue weighted by Gasteiger charge is -2.33. The van der Waals surface area contributed by atoms with E-state index < -0.39 is 10.0 Å². The van der Waals surface area contributed by atoms with E-state index in [0.29, 0.717) is 30.1 Å². The molecule has 3 fully saturated rings. The Morgan fingerprint density at radius 2 is 1.45 bits per heavy atom. The molecule has 1 aromatic rings. The highest BCUT2D eigenvalue weighted by Crippen LogP contribution is 2.32. The molecule has 31 heavy (non-hydrogen) atoms. The van der Waals surface area contributed by atoms with Crippen molar-refractivity contribution in [2.24, 2.45) is 0 Å². The van der Waals surface area contributed by atoms with Crippen molar-refractivity contribution in [2.45, 2.75) is 56.3 Å². The van der Waals surface area contributed by atoms with Gasteiger partial charge >= 0.3 is 0 Å². The number of likely N-dealkylation sites (tertiary alicyclic amines) is 1. The minimum absolute atomic E-state index is 0.195. The van der Waals surface area contributed by atoms with Crippen molar-refractivity contribution in [3.8, 4) is 0 Å². The van der Waals surface area contributed by atoms with Gasteiger partial charge in [0.05, 0.1) is 5.69 Å². The van der Waals surface area contributed by atoms with Crippen LogP contribution in [0.1, 0.15) is 61.7 Å². The molecule has 0 spiro atoms. The van der Waals surface area contributed by atoms with Gasteiger partial charge in [-0.3, -0.25) is 4.79 Å². The van der Waals surface area contributed by atoms with Crippen molar-refractivity contribution >= 4 is 21.6 Å². The molecule has 1 amide bonds. The highest BCUT2D eigenvalue weighted by molar-refractivity contribution is 7.89. The molecule has 3 aliphatic rings. The third kappa shape index (κ3) is 5.41. The van der Waals surface area contributed by atoms with Gasteiger partial charge in [0.25, 0.3) is 5.91 Å². The average molecular weight is 449 g/mol. The van der Waals surface area contributed by atoms with Gasteiger partial charge in [-0.05, 0) is 76.2 Å². The van der Waals surface area contributed by atoms with Crippen LogP contribution in [0.2, 0.25) is 0 Å². The Bertz CT molecular complexity index is 856. The van der Waals surface area contributed by atoms with E-state index >= 15 is 0 Å². The maximum atomic E-state index is 13.6. The van der Waals surface area contributed by atoms with Crippen LogP contribution in [0.4, 0.5) is 5.69 Å². The monoisotopic (exact) mass is 448 g/mol. The lowest BCUT2D eigenvalue weighted by atomic mass is 10.1. The third-order valence-electron chi connectivity index (χ3n) is 6.76. The summed E-state index contributed by atoms with van der Waals surface area (Å²) in [6, 6.07) is 5.24. The number of carbonyl (C=O) groups is 1. The van der Waals surface area contributed by atoms with Crippen LogP contribution in [0.25, 0.3) is 0 Å². The Kier molecular flexibility index (Phi) is 7.51. The van der Waals surface area contributed by atoms with Crippen LogP contribution in [-0.4, -0.2) is 75.9 Å². The van der Waals surface area contributed by atoms with E-state index in [9.17, 15) is 13.2 Å². The number of carbonyl (C=O) groups excluding carboxylic acids is 1. The van der Waals surface area contributed by atoms with Crippen LogP contribution in [0.15, 0.2) is 23.1 Å². The lowest BCUT2D eigenvalue weighted by molar-refractivity contribution is 0.0949. The van der Waals surface area contributed by atoms with E-state index in [4.69, 9.17) is 0 Å². The van der Waals surface area contributed by atoms with Gasteiger partial charge in [-0.1, -0.05) is 6.42 Å². The van der Waals surface area contributed by atoms with Crippen molar-refractivity contribution < 1.29 is 13.2 Å². The van der Waals surface area contributed by atoms with Crippen molar-refractivity contribution in [2.75, 3.05) is 57.3 Å². The largest absolute Gasteiger partial charge is 0.370 e. The molecule has 0 atom stereocenters. The van der Waals surface area contributed by atoms with Gasteiger partial charge in [-0.15, -0.1) is 0 Å². The quantitative estimate of drug-likeness (QED) is 0.694. The number of piperidine rings is 2. The van der Waals surface area contributed by atoms with Crippen molar-refractivity contribution in [3.05, 3.63) is 23.8 Å². The zero-order chi connectivity index (χ0) is 21.7. The molecule has 3 aliphatic heterocycles. The summed E-state index contributed by atoms with van der Waals surface area (Å²) in [4.78, 5) is 17.6. The van der Waals surface area contributed by atoms with Gasteiger partial charge in [-0.25, -0.2) is 8.42 Å². The molecule has 0 unspecified atom stereocenters. The van der Waals surface area contributed by atoms with Gasteiger partial charge in [0, 0.05) is 44.8 Å². The third-order valence-corrected chi connectivity index (χ3v) is 8.69. The number of hydrogen-bond acceptors (Lipinski definition) is 5. The molecule has 0 radical (unpaired) electrons. The van der Waals surface area contributed by atoms with Crippen LogP contribution >= 0.6 is 0 Å². The summed E-state index contributed by atoms with van der Waals surface area (Å²) in [5.74, 6) is -0.195. The molecule has 1 N–H and O–H groups in total. The fourth-order valence-electron chi connectivity index (χ4n) is 4.94. The lowest BCUT2D eigenvalue weighted by Crippen LogP contribution is -2.38. The number of rotatable bonds is 7. The van der Waals surface area contributed by atoms with E-state index in [1.54, 1.807) is 16.4 Å². The zero-order valence-corrected chi connectivity index (χ0v) is 19.3. The average Bonchev–Trinajstić information content (AvgIpc) is 3.33. The molecule has 4 rings (SSSR count). The zero-order valence-electron chi connectivity index (χ0n) is 18.5. The predicted molar refractivity (Wildman–Crippen MR) is 123 cm³/mol. The fraction of sp³-hybridized carbons (Fsp3) is 0.696. The Morgan fingerprint density at radius 3 is 2.13 bits per heavy atom. The highest BCUT2D eigenvalue weighted by Gasteiger charge is 2.31. The number of amides is 1. The molecule has 3 heterocycles. The topological polar surface area (TPSA) is 73.0 Å². The summed E-state index contributed by atoms with van der Waals surface area (Å²) >= 11 is 0. The number of anilines is 1. The number of benzene rings is 1. The molecule has 1 aromatic carbocycles. The first-order valence-electron chi connectivity index (χ1n) is 12.0. The van der Waals surface area contributed by atoms with Gasteiger partial charge < -0.3 is 15.1 Å². The first-order chi connectivity index (χ1) is 15.1. The van der Waals surface area contributed by atoms with Crippen molar-refractivity contribution in [3.63, 3.8) is 0 Å². The van der Waals surface area contributed by atoms with Gasteiger partial charge in [0.1, 0.15) is 4.90 Å². The normalized spacial score (nSPS) is 21.4. The molecule has 7 nitrogen and oxygen atoms in total. The van der Waals surface area contributed by atoms with Gasteiger partial charge in [0.15, 0.2) is 0 Å². The highest BCUT2D eigenvalue weighted by atomic mass is 32.2. The van der Waals surface area contributed by atoms with Crippen LogP contribution < -0.4 is 10.2 Å². The second kappa shape index (κ2) is 10.3. The Morgan fingerprint density at radius 1 is 0.839 bits per heavy atom. The minimum atomic E-state index is -3.63. The fourth-order valence-corrected chi connectivity index (χ4v) is 6.69. The minimum Gasteiger partial charge on any atom is -0.370 e. The summed E-state index contributed by atoms with van der Waals surface area (Å²) in [7, 11) is -3.63. The smallest absolute Gasteiger partial charge is 0.251 e. The van der Waals surface area contributed by atoms with Crippen LogP contribution in [0.3, 0.4) is 0 Å². The molecule has 0 saturated carbocycles. The van der Waals surface area contributed by atoms with E-state index in [2.05, 4.69) is 15.1 Å². The van der Waals surface area contributed by atoms with Crippen LogP contribution in [0, 0.1) is 0 Å². The maximum absolute atomic E-state index is 13.6. The van der Waals surface area contributed by atoms with E-state index in [0.717, 1.165) is 70.5 Å². The number of nitrogens with zero attached hydrogens (tertiary/aromatic N) is 3. The van der Waals surface area contributed by atoms with E-state index in [1.807, 2.05) is 6.07 Å². The molecule has 3 saturated heterocycles. The molecule has 8 heteroatoms.